The minimum absolute atomic E-state index is 0.0612. The van der Waals surface area contributed by atoms with Crippen molar-refractivity contribution in [3.63, 3.8) is 0 Å². The van der Waals surface area contributed by atoms with Crippen LogP contribution >= 0.6 is 0 Å². The number of nitrogens with one attached hydrogen (secondary N) is 1. The van der Waals surface area contributed by atoms with Crippen LogP contribution in [-0.2, 0) is 14.1 Å². The fourth-order valence-corrected chi connectivity index (χ4v) is 2.34. The Morgan fingerprint density at radius 3 is 2.48 bits per heavy atom. The molecule has 1 saturated carbocycles. The fourth-order valence-electron chi connectivity index (χ4n) is 2.34. The van der Waals surface area contributed by atoms with Gasteiger partial charge in [0, 0.05) is 17.6 Å². The number of anilines is 1. The summed E-state index contributed by atoms with van der Waals surface area (Å²) in [5, 5.41) is 12.1. The largest absolute Gasteiger partial charge is 0.496 e. The quantitative estimate of drug-likeness (QED) is 0.857. The Morgan fingerprint density at radius 2 is 1.96 bits per heavy atom. The SMILES string of the molecule is CC1(C)OB(c2cnc(NC(=O)C3CC3)c(C#N)c2)OC1(C)C. The Morgan fingerprint density at radius 1 is 1.35 bits per heavy atom. The van der Waals surface area contributed by atoms with Crippen molar-refractivity contribution in [2.24, 2.45) is 5.92 Å². The van der Waals surface area contributed by atoms with Gasteiger partial charge in [-0.1, -0.05) is 0 Å². The molecule has 23 heavy (non-hydrogen) atoms. The molecule has 6 nitrogen and oxygen atoms in total. The summed E-state index contributed by atoms with van der Waals surface area (Å²) in [5.74, 6) is 0.285. The van der Waals surface area contributed by atoms with Crippen LogP contribution in [0.4, 0.5) is 5.82 Å². The van der Waals surface area contributed by atoms with E-state index < -0.39 is 18.3 Å². The van der Waals surface area contributed by atoms with Crippen LogP contribution in [0.2, 0.25) is 0 Å². The average molecular weight is 313 g/mol. The van der Waals surface area contributed by atoms with Crippen molar-refractivity contribution >= 4 is 24.3 Å². The van der Waals surface area contributed by atoms with Gasteiger partial charge in [0.1, 0.15) is 11.9 Å². The summed E-state index contributed by atoms with van der Waals surface area (Å²) in [6, 6.07) is 3.74. The van der Waals surface area contributed by atoms with Crippen LogP contribution in [0.15, 0.2) is 12.3 Å². The number of hydrogen-bond acceptors (Lipinski definition) is 5. The lowest BCUT2D eigenvalue weighted by Crippen LogP contribution is -2.41. The van der Waals surface area contributed by atoms with Gasteiger partial charge in [0.15, 0.2) is 0 Å². The van der Waals surface area contributed by atoms with Gasteiger partial charge < -0.3 is 14.6 Å². The molecule has 2 heterocycles. The van der Waals surface area contributed by atoms with E-state index in [4.69, 9.17) is 9.31 Å². The van der Waals surface area contributed by atoms with Crippen LogP contribution in [0.25, 0.3) is 0 Å². The molecule has 0 atom stereocenters. The Labute approximate surface area is 136 Å². The molecular weight excluding hydrogens is 293 g/mol. The summed E-state index contributed by atoms with van der Waals surface area (Å²) in [5.41, 5.74) is 0.0722. The third kappa shape index (κ3) is 2.97. The van der Waals surface area contributed by atoms with E-state index in [1.165, 1.54) is 0 Å². The third-order valence-electron chi connectivity index (χ3n) is 4.74. The van der Waals surface area contributed by atoms with Crippen LogP contribution in [0.5, 0.6) is 0 Å². The van der Waals surface area contributed by atoms with E-state index in [-0.39, 0.29) is 11.8 Å². The smallest absolute Gasteiger partial charge is 0.399 e. The van der Waals surface area contributed by atoms with E-state index in [1.54, 1.807) is 12.3 Å². The number of aromatic nitrogens is 1. The van der Waals surface area contributed by atoms with E-state index >= 15 is 0 Å². The first-order chi connectivity index (χ1) is 10.7. The van der Waals surface area contributed by atoms with Crippen molar-refractivity contribution in [2.75, 3.05) is 5.32 Å². The van der Waals surface area contributed by atoms with Crippen molar-refractivity contribution in [1.29, 1.82) is 5.26 Å². The molecule has 1 aliphatic carbocycles. The first-order valence-electron chi connectivity index (χ1n) is 7.80. The maximum absolute atomic E-state index is 11.8. The number of nitriles is 1. The van der Waals surface area contributed by atoms with Gasteiger partial charge in [0.05, 0.1) is 16.8 Å². The summed E-state index contributed by atoms with van der Waals surface area (Å²) in [6.45, 7) is 7.87. The zero-order valence-electron chi connectivity index (χ0n) is 13.8. The number of carbonyl (C=O) groups is 1. The molecule has 0 radical (unpaired) electrons. The fraction of sp³-hybridized carbons (Fsp3) is 0.562. The highest BCUT2D eigenvalue weighted by Crippen LogP contribution is 2.36. The minimum Gasteiger partial charge on any atom is -0.399 e. The predicted molar refractivity (Wildman–Crippen MR) is 86.0 cm³/mol. The number of amides is 1. The van der Waals surface area contributed by atoms with Crippen molar-refractivity contribution in [2.45, 2.75) is 51.7 Å². The van der Waals surface area contributed by atoms with Gasteiger partial charge in [-0.2, -0.15) is 5.26 Å². The van der Waals surface area contributed by atoms with Crippen molar-refractivity contribution in [3.05, 3.63) is 17.8 Å². The molecule has 120 valence electrons. The number of hydrogen-bond donors (Lipinski definition) is 1. The van der Waals surface area contributed by atoms with Crippen LogP contribution in [0.1, 0.15) is 46.1 Å². The molecule has 1 aliphatic heterocycles. The van der Waals surface area contributed by atoms with Gasteiger partial charge >= 0.3 is 7.12 Å². The molecule has 0 spiro atoms. The Hall–Kier alpha value is -1.91. The van der Waals surface area contributed by atoms with Gasteiger partial charge in [-0.15, -0.1) is 0 Å². The summed E-state index contributed by atoms with van der Waals surface area (Å²) in [4.78, 5) is 16.1. The second-order valence-corrected chi connectivity index (χ2v) is 7.13. The van der Waals surface area contributed by atoms with Crippen LogP contribution in [-0.4, -0.2) is 29.2 Å². The highest BCUT2D eigenvalue weighted by molar-refractivity contribution is 6.62. The van der Waals surface area contributed by atoms with Crippen LogP contribution in [0.3, 0.4) is 0 Å². The second-order valence-electron chi connectivity index (χ2n) is 7.13. The molecule has 1 amide bonds. The molecule has 1 saturated heterocycles. The standard InChI is InChI=1S/C16H20BN3O3/c1-15(2)16(3,4)23-17(22-15)12-7-11(8-18)13(19-9-12)20-14(21)10-5-6-10/h7,9-10H,5-6H2,1-4H3,(H,19,20,21). The Kier molecular flexibility index (Phi) is 3.70. The molecule has 7 heteroatoms. The van der Waals surface area contributed by atoms with Crippen LogP contribution < -0.4 is 10.8 Å². The predicted octanol–water partition coefficient (Wildman–Crippen LogP) is 1.60. The van der Waals surface area contributed by atoms with Gasteiger partial charge in [-0.05, 0) is 46.6 Å². The summed E-state index contributed by atoms with van der Waals surface area (Å²) >= 11 is 0. The highest BCUT2D eigenvalue weighted by atomic mass is 16.7. The van der Waals surface area contributed by atoms with Gasteiger partial charge in [0.2, 0.25) is 5.91 Å². The maximum atomic E-state index is 11.8. The Balaban J connectivity index is 1.82. The molecule has 0 bridgehead atoms. The minimum atomic E-state index is -0.576. The maximum Gasteiger partial charge on any atom is 0.496 e. The van der Waals surface area contributed by atoms with Crippen molar-refractivity contribution in [3.8, 4) is 6.07 Å². The zero-order valence-corrected chi connectivity index (χ0v) is 13.8. The first-order valence-corrected chi connectivity index (χ1v) is 7.80. The molecule has 0 unspecified atom stereocenters. The van der Waals surface area contributed by atoms with Gasteiger partial charge in [-0.3, -0.25) is 4.79 Å². The van der Waals surface area contributed by atoms with E-state index in [1.807, 2.05) is 27.7 Å². The van der Waals surface area contributed by atoms with E-state index in [0.717, 1.165) is 12.8 Å². The summed E-state index contributed by atoms with van der Waals surface area (Å²) in [6.07, 6.45) is 3.39. The highest BCUT2D eigenvalue weighted by Gasteiger charge is 2.51. The molecule has 2 fully saturated rings. The lowest BCUT2D eigenvalue weighted by molar-refractivity contribution is -0.117. The monoisotopic (exact) mass is 313 g/mol. The number of pyridine rings is 1. The molecular formula is C16H20BN3O3. The molecule has 0 aromatic carbocycles. The number of nitrogens with zero attached hydrogens (tertiary/aromatic N) is 2. The second kappa shape index (κ2) is 5.32. The van der Waals surface area contributed by atoms with E-state index in [9.17, 15) is 10.1 Å². The summed E-state index contributed by atoms with van der Waals surface area (Å²) < 4.78 is 11.9. The van der Waals surface area contributed by atoms with Gasteiger partial charge in [-0.25, -0.2) is 4.98 Å². The normalized spacial score (nSPS) is 21.8. The lowest BCUT2D eigenvalue weighted by atomic mass is 9.79. The van der Waals surface area contributed by atoms with E-state index in [0.29, 0.717) is 16.8 Å². The molecule has 1 aromatic heterocycles. The lowest BCUT2D eigenvalue weighted by Gasteiger charge is -2.32. The first kappa shape index (κ1) is 16.0. The molecule has 3 rings (SSSR count). The number of carbonyl (C=O) groups excluding carboxylic acids is 1. The molecule has 1 aromatic rings. The average Bonchev–Trinajstić information content (AvgIpc) is 3.27. The third-order valence-corrected chi connectivity index (χ3v) is 4.74. The van der Waals surface area contributed by atoms with Crippen LogP contribution in [0, 0.1) is 17.2 Å². The van der Waals surface area contributed by atoms with E-state index in [2.05, 4.69) is 16.4 Å². The van der Waals surface area contributed by atoms with Crippen molar-refractivity contribution < 1.29 is 14.1 Å². The van der Waals surface area contributed by atoms with Gasteiger partial charge in [0.25, 0.3) is 0 Å². The zero-order chi connectivity index (χ0) is 16.8. The van der Waals surface area contributed by atoms with Crippen molar-refractivity contribution in [1.82, 2.24) is 4.98 Å². The molecule has 1 N–H and O–H groups in total. The topological polar surface area (TPSA) is 84.2 Å². The molecule has 2 aliphatic rings. The number of rotatable bonds is 3. The summed E-state index contributed by atoms with van der Waals surface area (Å²) in [7, 11) is -0.576. The Bertz CT molecular complexity index is 676.